The third-order valence-corrected chi connectivity index (χ3v) is 6.27. The van der Waals surface area contributed by atoms with Crippen LogP contribution < -0.4 is 0 Å². The molecular formula is C22H25F2N. The molecular weight excluding hydrogens is 316 g/mol. The van der Waals surface area contributed by atoms with Gasteiger partial charge in [0.15, 0.2) is 0 Å². The van der Waals surface area contributed by atoms with Gasteiger partial charge in [0, 0.05) is 18.0 Å². The van der Waals surface area contributed by atoms with Gasteiger partial charge >= 0.3 is 0 Å². The summed E-state index contributed by atoms with van der Waals surface area (Å²) in [5, 5.41) is 0. The maximum absolute atomic E-state index is 13.8. The summed E-state index contributed by atoms with van der Waals surface area (Å²) < 4.78 is 27.6. The van der Waals surface area contributed by atoms with Crippen molar-refractivity contribution in [2.75, 3.05) is 7.05 Å². The minimum absolute atomic E-state index is 0.0548. The number of piperidine rings is 1. The summed E-state index contributed by atoms with van der Waals surface area (Å²) in [5.41, 5.74) is 1.91. The molecule has 3 heteroatoms. The highest BCUT2D eigenvalue weighted by molar-refractivity contribution is 5.33. The van der Waals surface area contributed by atoms with Gasteiger partial charge in [-0.05, 0) is 80.5 Å². The van der Waals surface area contributed by atoms with Gasteiger partial charge in [0.1, 0.15) is 11.6 Å². The molecule has 132 valence electrons. The van der Waals surface area contributed by atoms with Crippen molar-refractivity contribution in [2.45, 2.75) is 50.1 Å². The van der Waals surface area contributed by atoms with Crippen LogP contribution >= 0.6 is 0 Å². The molecule has 2 aromatic rings. The van der Waals surface area contributed by atoms with Crippen molar-refractivity contribution in [2.24, 2.45) is 5.92 Å². The molecule has 0 N–H and O–H groups in total. The first-order chi connectivity index (χ1) is 12.1. The zero-order chi connectivity index (χ0) is 17.4. The molecule has 4 rings (SSSR count). The largest absolute Gasteiger partial charge is 0.300 e. The van der Waals surface area contributed by atoms with Crippen molar-refractivity contribution in [1.82, 2.24) is 4.90 Å². The average Bonchev–Trinajstić information content (AvgIpc) is 2.81. The highest BCUT2D eigenvalue weighted by Gasteiger charge is 2.39. The van der Waals surface area contributed by atoms with E-state index in [1.807, 2.05) is 12.1 Å². The lowest BCUT2D eigenvalue weighted by molar-refractivity contribution is 0.127. The van der Waals surface area contributed by atoms with Crippen LogP contribution in [0.25, 0.3) is 0 Å². The molecule has 2 aliphatic rings. The lowest BCUT2D eigenvalue weighted by Crippen LogP contribution is -2.40. The van der Waals surface area contributed by atoms with Crippen LogP contribution in [-0.2, 0) is 0 Å². The van der Waals surface area contributed by atoms with Crippen molar-refractivity contribution in [3.63, 3.8) is 0 Å². The van der Waals surface area contributed by atoms with Gasteiger partial charge in [-0.2, -0.15) is 0 Å². The molecule has 0 spiro atoms. The van der Waals surface area contributed by atoms with E-state index >= 15 is 0 Å². The molecule has 2 atom stereocenters. The first kappa shape index (κ1) is 16.7. The Labute approximate surface area is 148 Å². The van der Waals surface area contributed by atoms with Gasteiger partial charge in [-0.25, -0.2) is 8.78 Å². The number of fused-ring (bicyclic) bond motifs is 2. The number of hydrogen-bond donors (Lipinski definition) is 0. The maximum atomic E-state index is 13.8. The minimum Gasteiger partial charge on any atom is -0.300 e. The third-order valence-electron chi connectivity index (χ3n) is 6.27. The molecule has 2 saturated heterocycles. The first-order valence-electron chi connectivity index (χ1n) is 9.33. The Kier molecular flexibility index (Phi) is 4.60. The lowest BCUT2D eigenvalue weighted by Gasteiger charge is -2.38. The van der Waals surface area contributed by atoms with Gasteiger partial charge in [0.2, 0.25) is 0 Å². The van der Waals surface area contributed by atoms with Gasteiger partial charge in [0.25, 0.3) is 0 Å². The summed E-state index contributed by atoms with van der Waals surface area (Å²) in [6.07, 6.45) is 5.96. The standard InChI is InChI=1S/C22H25F2N/c1-25-20-8-9-21(25)11-15(10-20)12-22(16-4-2-6-18(23)13-16)17-5-3-7-19(24)14-17/h2-7,13-15,20-22H,8-12H2,1H3. The topological polar surface area (TPSA) is 3.24 Å². The summed E-state index contributed by atoms with van der Waals surface area (Å²) in [6.45, 7) is 0. The van der Waals surface area contributed by atoms with Crippen molar-refractivity contribution >= 4 is 0 Å². The highest BCUT2D eigenvalue weighted by Crippen LogP contribution is 2.42. The molecule has 0 radical (unpaired) electrons. The van der Waals surface area contributed by atoms with Gasteiger partial charge in [-0.15, -0.1) is 0 Å². The molecule has 2 aromatic carbocycles. The molecule has 2 bridgehead atoms. The fourth-order valence-corrected chi connectivity index (χ4v) is 4.96. The zero-order valence-electron chi connectivity index (χ0n) is 14.7. The van der Waals surface area contributed by atoms with Crippen molar-refractivity contribution in [3.05, 3.63) is 71.3 Å². The molecule has 0 aliphatic carbocycles. The molecule has 1 nitrogen and oxygen atoms in total. The summed E-state index contributed by atoms with van der Waals surface area (Å²) in [5.74, 6) is 0.231. The van der Waals surface area contributed by atoms with Crippen molar-refractivity contribution < 1.29 is 8.78 Å². The van der Waals surface area contributed by atoms with E-state index in [1.165, 1.54) is 37.8 Å². The monoisotopic (exact) mass is 341 g/mol. The Bertz CT molecular complexity index is 685. The van der Waals surface area contributed by atoms with Crippen LogP contribution in [0.5, 0.6) is 0 Å². The SMILES string of the molecule is CN1C2CCC1CC(CC(c1cccc(F)c1)c1cccc(F)c1)C2. The van der Waals surface area contributed by atoms with E-state index in [0.29, 0.717) is 18.0 Å². The highest BCUT2D eigenvalue weighted by atomic mass is 19.1. The van der Waals surface area contributed by atoms with E-state index in [0.717, 1.165) is 17.5 Å². The molecule has 0 aromatic heterocycles. The number of rotatable bonds is 4. The molecule has 2 unspecified atom stereocenters. The second-order valence-corrected chi connectivity index (χ2v) is 7.79. The van der Waals surface area contributed by atoms with Crippen LogP contribution in [0.3, 0.4) is 0 Å². The summed E-state index contributed by atoms with van der Waals surface area (Å²) in [6, 6.07) is 15.0. The third kappa shape index (κ3) is 3.48. The fraction of sp³-hybridized carbons (Fsp3) is 0.455. The van der Waals surface area contributed by atoms with Gasteiger partial charge in [0.05, 0.1) is 0 Å². The normalized spacial score (nSPS) is 26.3. The van der Waals surface area contributed by atoms with E-state index < -0.39 is 0 Å². The minimum atomic E-state index is -0.220. The quantitative estimate of drug-likeness (QED) is 0.723. The van der Waals surface area contributed by atoms with Crippen LogP contribution in [0.4, 0.5) is 8.78 Å². The van der Waals surface area contributed by atoms with Crippen molar-refractivity contribution in [3.8, 4) is 0 Å². The number of benzene rings is 2. The predicted molar refractivity (Wildman–Crippen MR) is 96.6 cm³/mol. The van der Waals surface area contributed by atoms with Crippen LogP contribution in [-0.4, -0.2) is 24.0 Å². The summed E-state index contributed by atoms with van der Waals surface area (Å²) in [4.78, 5) is 2.54. The van der Waals surface area contributed by atoms with Crippen molar-refractivity contribution in [1.29, 1.82) is 0 Å². The Hall–Kier alpha value is -1.74. The average molecular weight is 341 g/mol. The van der Waals surface area contributed by atoms with Crippen LogP contribution in [0, 0.1) is 17.6 Å². The Balaban J connectivity index is 1.62. The molecule has 2 aliphatic heterocycles. The summed E-state index contributed by atoms with van der Waals surface area (Å²) >= 11 is 0. The number of hydrogen-bond acceptors (Lipinski definition) is 1. The van der Waals surface area contributed by atoms with E-state index in [4.69, 9.17) is 0 Å². The molecule has 25 heavy (non-hydrogen) atoms. The Morgan fingerprint density at radius 3 is 1.92 bits per heavy atom. The molecule has 2 fully saturated rings. The molecule has 0 amide bonds. The van der Waals surface area contributed by atoms with E-state index in [-0.39, 0.29) is 17.6 Å². The van der Waals surface area contributed by atoms with Gasteiger partial charge in [-0.1, -0.05) is 24.3 Å². The molecule has 2 heterocycles. The maximum Gasteiger partial charge on any atom is 0.123 e. The Morgan fingerprint density at radius 1 is 0.920 bits per heavy atom. The van der Waals surface area contributed by atoms with E-state index in [2.05, 4.69) is 11.9 Å². The smallest absolute Gasteiger partial charge is 0.123 e. The van der Waals surface area contributed by atoms with Gasteiger partial charge < -0.3 is 4.90 Å². The number of nitrogens with zero attached hydrogens (tertiary/aromatic N) is 1. The second kappa shape index (κ2) is 6.87. The van der Waals surface area contributed by atoms with Crippen LogP contribution in [0.2, 0.25) is 0 Å². The van der Waals surface area contributed by atoms with E-state index in [9.17, 15) is 8.78 Å². The second-order valence-electron chi connectivity index (χ2n) is 7.79. The predicted octanol–water partition coefficient (Wildman–Crippen LogP) is 5.36. The zero-order valence-corrected chi connectivity index (χ0v) is 14.7. The Morgan fingerprint density at radius 2 is 1.44 bits per heavy atom. The first-order valence-corrected chi connectivity index (χ1v) is 9.33. The van der Waals surface area contributed by atoms with Gasteiger partial charge in [-0.3, -0.25) is 0 Å². The van der Waals surface area contributed by atoms with Crippen LogP contribution in [0.1, 0.15) is 49.1 Å². The number of halogens is 2. The van der Waals surface area contributed by atoms with E-state index in [1.54, 1.807) is 24.3 Å². The lowest BCUT2D eigenvalue weighted by atomic mass is 9.78. The fourth-order valence-electron chi connectivity index (χ4n) is 4.96. The summed E-state index contributed by atoms with van der Waals surface area (Å²) in [7, 11) is 2.25. The molecule has 0 saturated carbocycles. The van der Waals surface area contributed by atoms with Crippen LogP contribution in [0.15, 0.2) is 48.5 Å².